The summed E-state index contributed by atoms with van der Waals surface area (Å²) < 4.78 is 1.60. The molecule has 0 aliphatic heterocycles. The Morgan fingerprint density at radius 3 is 2.65 bits per heavy atom. The number of nitrogen functional groups attached to an aromatic ring is 2. The van der Waals surface area contributed by atoms with Crippen LogP contribution in [0.4, 0.5) is 5.82 Å². The van der Waals surface area contributed by atoms with Gasteiger partial charge in [-0.05, 0) is 24.8 Å². The highest BCUT2D eigenvalue weighted by molar-refractivity contribution is 5.74. The summed E-state index contributed by atoms with van der Waals surface area (Å²) in [6.07, 6.45) is 5.83. The molecule has 0 radical (unpaired) electrons. The third-order valence-corrected chi connectivity index (χ3v) is 4.35. The van der Waals surface area contributed by atoms with E-state index in [9.17, 15) is 0 Å². The quantitative estimate of drug-likeness (QED) is 0.842. The van der Waals surface area contributed by atoms with E-state index >= 15 is 0 Å². The number of anilines is 1. The largest absolute Gasteiger partial charge is 0.382 e. The van der Waals surface area contributed by atoms with E-state index in [0.717, 1.165) is 23.5 Å². The van der Waals surface area contributed by atoms with Gasteiger partial charge >= 0.3 is 0 Å². The van der Waals surface area contributed by atoms with Crippen LogP contribution in [0.15, 0.2) is 24.3 Å². The molecule has 1 aliphatic carbocycles. The zero-order valence-corrected chi connectivity index (χ0v) is 12.0. The summed E-state index contributed by atoms with van der Waals surface area (Å²) in [6, 6.07) is 8.28. The minimum absolute atomic E-state index is 0.463. The van der Waals surface area contributed by atoms with E-state index in [0.29, 0.717) is 11.7 Å². The van der Waals surface area contributed by atoms with Gasteiger partial charge in [-0.3, -0.25) is 0 Å². The number of nitrogens with two attached hydrogens (primary N) is 2. The van der Waals surface area contributed by atoms with Gasteiger partial charge in [0.05, 0.1) is 0 Å². The molecule has 0 atom stereocenters. The second kappa shape index (κ2) is 5.19. The molecule has 4 nitrogen and oxygen atoms in total. The van der Waals surface area contributed by atoms with Gasteiger partial charge in [-0.15, -0.1) is 0 Å². The van der Waals surface area contributed by atoms with E-state index in [1.165, 1.54) is 31.2 Å². The molecule has 1 aliphatic rings. The molecule has 0 bridgehead atoms. The van der Waals surface area contributed by atoms with Gasteiger partial charge in [0, 0.05) is 11.5 Å². The van der Waals surface area contributed by atoms with Gasteiger partial charge in [0.15, 0.2) is 5.82 Å². The number of imidazole rings is 1. The number of rotatable bonds is 3. The van der Waals surface area contributed by atoms with Crippen molar-refractivity contribution < 1.29 is 0 Å². The number of aromatic nitrogens is 2. The standard InChI is InChI=1S/C16H22N4/c1-2-11-7-5-6-10-13(11)14-15(17)20(18)16(19-14)12-8-3-4-9-12/h5-7,10,12H,2-4,8-9,17-18H2,1H3. The molecule has 0 spiro atoms. The van der Waals surface area contributed by atoms with Crippen molar-refractivity contribution in [3.8, 4) is 11.3 Å². The Bertz CT molecular complexity index is 609. The smallest absolute Gasteiger partial charge is 0.150 e. The maximum Gasteiger partial charge on any atom is 0.150 e. The third kappa shape index (κ3) is 2.05. The van der Waals surface area contributed by atoms with E-state index in [1.807, 2.05) is 6.07 Å². The number of hydrogen-bond acceptors (Lipinski definition) is 3. The Morgan fingerprint density at radius 1 is 1.25 bits per heavy atom. The van der Waals surface area contributed by atoms with E-state index < -0.39 is 0 Å². The van der Waals surface area contributed by atoms with Gasteiger partial charge in [-0.1, -0.05) is 44.0 Å². The maximum atomic E-state index is 6.20. The highest BCUT2D eigenvalue weighted by atomic mass is 15.4. The molecule has 106 valence electrons. The van der Waals surface area contributed by atoms with Crippen LogP contribution in [-0.4, -0.2) is 9.66 Å². The van der Waals surface area contributed by atoms with Crippen LogP contribution in [0, 0.1) is 0 Å². The Hall–Kier alpha value is -1.97. The molecule has 1 heterocycles. The van der Waals surface area contributed by atoms with Crippen molar-refractivity contribution in [3.05, 3.63) is 35.7 Å². The SMILES string of the molecule is CCc1ccccc1-c1nc(C2CCCC2)n(N)c1N. The van der Waals surface area contributed by atoms with Gasteiger partial charge < -0.3 is 11.6 Å². The van der Waals surface area contributed by atoms with Crippen molar-refractivity contribution in [3.63, 3.8) is 0 Å². The minimum Gasteiger partial charge on any atom is -0.382 e. The molecular weight excluding hydrogens is 248 g/mol. The van der Waals surface area contributed by atoms with Gasteiger partial charge in [-0.2, -0.15) is 0 Å². The molecule has 20 heavy (non-hydrogen) atoms. The van der Waals surface area contributed by atoms with Crippen molar-refractivity contribution in [1.82, 2.24) is 9.66 Å². The highest BCUT2D eigenvalue weighted by Crippen LogP contribution is 2.37. The monoisotopic (exact) mass is 270 g/mol. The normalized spacial score (nSPS) is 15.8. The predicted octanol–water partition coefficient (Wildman–Crippen LogP) is 3.07. The molecule has 1 saturated carbocycles. The molecule has 3 rings (SSSR count). The van der Waals surface area contributed by atoms with Crippen LogP contribution in [0.25, 0.3) is 11.3 Å². The number of nitrogens with zero attached hydrogens (tertiary/aromatic N) is 2. The fourth-order valence-electron chi connectivity index (χ4n) is 3.19. The fourth-order valence-corrected chi connectivity index (χ4v) is 3.19. The van der Waals surface area contributed by atoms with Gasteiger partial charge in [0.25, 0.3) is 0 Å². The Morgan fingerprint density at radius 2 is 1.95 bits per heavy atom. The lowest BCUT2D eigenvalue weighted by Crippen LogP contribution is -2.17. The summed E-state index contributed by atoms with van der Waals surface area (Å²) in [5.74, 6) is 8.13. The Balaban J connectivity index is 2.08. The average molecular weight is 270 g/mol. The van der Waals surface area contributed by atoms with Crippen molar-refractivity contribution >= 4 is 5.82 Å². The van der Waals surface area contributed by atoms with Crippen LogP contribution in [0.5, 0.6) is 0 Å². The zero-order valence-electron chi connectivity index (χ0n) is 12.0. The predicted molar refractivity (Wildman–Crippen MR) is 82.8 cm³/mol. The second-order valence-electron chi connectivity index (χ2n) is 5.57. The number of hydrogen-bond donors (Lipinski definition) is 2. The van der Waals surface area contributed by atoms with Crippen molar-refractivity contribution in [2.24, 2.45) is 0 Å². The lowest BCUT2D eigenvalue weighted by molar-refractivity contribution is 0.648. The molecule has 4 N–H and O–H groups in total. The topological polar surface area (TPSA) is 69.9 Å². The van der Waals surface area contributed by atoms with Crippen LogP contribution < -0.4 is 11.6 Å². The fraction of sp³-hybridized carbons (Fsp3) is 0.438. The van der Waals surface area contributed by atoms with E-state index in [1.54, 1.807) is 4.68 Å². The number of benzene rings is 1. The Kier molecular flexibility index (Phi) is 3.38. The first-order valence-electron chi connectivity index (χ1n) is 7.43. The van der Waals surface area contributed by atoms with Crippen LogP contribution in [-0.2, 0) is 6.42 Å². The summed E-state index contributed by atoms with van der Waals surface area (Å²) in [5.41, 5.74) is 9.41. The summed E-state index contributed by atoms with van der Waals surface area (Å²) in [5, 5.41) is 0. The van der Waals surface area contributed by atoms with Gasteiger partial charge in [0.2, 0.25) is 0 Å². The molecule has 1 aromatic heterocycles. The van der Waals surface area contributed by atoms with E-state index in [4.69, 9.17) is 16.6 Å². The summed E-state index contributed by atoms with van der Waals surface area (Å²) in [4.78, 5) is 4.78. The van der Waals surface area contributed by atoms with Crippen LogP contribution >= 0.6 is 0 Å². The highest BCUT2D eigenvalue weighted by Gasteiger charge is 2.25. The third-order valence-electron chi connectivity index (χ3n) is 4.35. The summed E-state index contributed by atoms with van der Waals surface area (Å²) in [7, 11) is 0. The molecule has 2 aromatic rings. The molecule has 0 unspecified atom stereocenters. The first kappa shape index (κ1) is 13.0. The van der Waals surface area contributed by atoms with Crippen LogP contribution in [0.1, 0.15) is 49.9 Å². The number of aryl methyl sites for hydroxylation is 1. The zero-order chi connectivity index (χ0) is 14.1. The van der Waals surface area contributed by atoms with Gasteiger partial charge in [0.1, 0.15) is 11.5 Å². The van der Waals surface area contributed by atoms with Crippen LogP contribution in [0.2, 0.25) is 0 Å². The van der Waals surface area contributed by atoms with Gasteiger partial charge in [-0.25, -0.2) is 9.66 Å². The van der Waals surface area contributed by atoms with Crippen molar-refractivity contribution in [2.45, 2.75) is 44.9 Å². The van der Waals surface area contributed by atoms with Crippen molar-refractivity contribution in [1.29, 1.82) is 0 Å². The lowest BCUT2D eigenvalue weighted by atomic mass is 10.0. The summed E-state index contributed by atoms with van der Waals surface area (Å²) in [6.45, 7) is 2.15. The molecule has 4 heteroatoms. The van der Waals surface area contributed by atoms with E-state index in [2.05, 4.69) is 25.1 Å². The second-order valence-corrected chi connectivity index (χ2v) is 5.57. The summed E-state index contributed by atoms with van der Waals surface area (Å²) >= 11 is 0. The first-order valence-corrected chi connectivity index (χ1v) is 7.43. The van der Waals surface area contributed by atoms with E-state index in [-0.39, 0.29) is 0 Å². The van der Waals surface area contributed by atoms with Crippen LogP contribution in [0.3, 0.4) is 0 Å². The lowest BCUT2D eigenvalue weighted by Gasteiger charge is -2.08. The maximum absolute atomic E-state index is 6.20. The van der Waals surface area contributed by atoms with Crippen molar-refractivity contribution in [2.75, 3.05) is 11.6 Å². The molecule has 0 amide bonds. The average Bonchev–Trinajstić information content (AvgIpc) is 3.09. The molecular formula is C16H22N4. The molecule has 0 saturated heterocycles. The molecule has 1 fully saturated rings. The molecule has 1 aromatic carbocycles. The minimum atomic E-state index is 0.463. The Labute approximate surface area is 119 Å². The first-order chi connectivity index (χ1) is 9.72.